The molecule has 0 radical (unpaired) electrons. The maximum atomic E-state index is 12.9. The summed E-state index contributed by atoms with van der Waals surface area (Å²) in [5.41, 5.74) is 8.29. The molecule has 0 bridgehead atoms. The van der Waals surface area contributed by atoms with E-state index in [9.17, 15) is 13.2 Å². The van der Waals surface area contributed by atoms with E-state index in [0.717, 1.165) is 31.4 Å². The highest BCUT2D eigenvalue weighted by atomic mass is 35.5. The number of rotatable bonds is 3. The van der Waals surface area contributed by atoms with Gasteiger partial charge in [0.25, 0.3) is 5.91 Å². The van der Waals surface area contributed by atoms with Crippen LogP contribution in [0.15, 0.2) is 18.2 Å². The Balaban J connectivity index is 0.00000225. The van der Waals surface area contributed by atoms with Crippen molar-refractivity contribution in [3.63, 3.8) is 0 Å². The first-order chi connectivity index (χ1) is 11.3. The molecule has 3 rings (SSSR count). The second-order valence-electron chi connectivity index (χ2n) is 6.85. The van der Waals surface area contributed by atoms with Crippen molar-refractivity contribution >= 4 is 34.0 Å². The van der Waals surface area contributed by atoms with Crippen LogP contribution in [0.25, 0.3) is 0 Å². The Labute approximate surface area is 155 Å². The van der Waals surface area contributed by atoms with Gasteiger partial charge in [0.1, 0.15) is 0 Å². The molecule has 0 saturated carbocycles. The minimum absolute atomic E-state index is 0. The fourth-order valence-corrected chi connectivity index (χ4v) is 4.73. The Hall–Kier alpha value is -1.31. The van der Waals surface area contributed by atoms with Gasteiger partial charge in [0.15, 0.2) is 0 Å². The summed E-state index contributed by atoms with van der Waals surface area (Å²) in [5, 5.41) is 0. The molecular formula is C17H26ClN3O3S. The second-order valence-corrected chi connectivity index (χ2v) is 8.76. The molecule has 0 spiro atoms. The number of anilines is 1. The van der Waals surface area contributed by atoms with Crippen molar-refractivity contribution in [3.8, 4) is 0 Å². The average molecular weight is 388 g/mol. The average Bonchev–Trinajstić information content (AvgIpc) is 2.97. The van der Waals surface area contributed by atoms with Crippen molar-refractivity contribution in [3.05, 3.63) is 29.3 Å². The lowest BCUT2D eigenvalue weighted by Gasteiger charge is -2.38. The maximum absolute atomic E-state index is 12.9. The van der Waals surface area contributed by atoms with Crippen LogP contribution in [0.1, 0.15) is 42.1 Å². The van der Waals surface area contributed by atoms with E-state index in [2.05, 4.69) is 0 Å². The van der Waals surface area contributed by atoms with Gasteiger partial charge in [-0.25, -0.2) is 8.42 Å². The maximum Gasteiger partial charge on any atom is 0.254 e. The van der Waals surface area contributed by atoms with Crippen molar-refractivity contribution < 1.29 is 13.2 Å². The Morgan fingerprint density at radius 3 is 2.64 bits per heavy atom. The van der Waals surface area contributed by atoms with E-state index in [1.165, 1.54) is 10.6 Å². The molecule has 1 fully saturated rings. The third-order valence-corrected chi connectivity index (χ3v) is 6.18. The van der Waals surface area contributed by atoms with Gasteiger partial charge < -0.3 is 10.6 Å². The lowest BCUT2D eigenvalue weighted by atomic mass is 9.95. The number of likely N-dealkylation sites (tertiary alicyclic amines) is 1. The number of benzene rings is 1. The van der Waals surface area contributed by atoms with Crippen molar-refractivity contribution in [2.75, 3.05) is 23.7 Å². The molecule has 2 heterocycles. The van der Waals surface area contributed by atoms with Crippen LogP contribution in [-0.4, -0.2) is 50.7 Å². The fraction of sp³-hybridized carbons (Fsp3) is 0.588. The van der Waals surface area contributed by atoms with Gasteiger partial charge >= 0.3 is 0 Å². The molecule has 2 atom stereocenters. The number of nitrogens with two attached hydrogens (primary N) is 1. The quantitative estimate of drug-likeness (QED) is 0.856. The number of carbonyl (C=O) groups excluding carboxylic acids is 1. The molecule has 0 aromatic heterocycles. The van der Waals surface area contributed by atoms with Crippen molar-refractivity contribution in [1.82, 2.24) is 4.90 Å². The van der Waals surface area contributed by atoms with Crippen LogP contribution in [0.4, 0.5) is 5.69 Å². The van der Waals surface area contributed by atoms with Crippen LogP contribution >= 0.6 is 12.4 Å². The number of nitrogens with zero attached hydrogens (tertiary/aromatic N) is 2. The van der Waals surface area contributed by atoms with Crippen LogP contribution in [0.5, 0.6) is 0 Å². The van der Waals surface area contributed by atoms with Crippen molar-refractivity contribution in [2.45, 2.75) is 44.7 Å². The van der Waals surface area contributed by atoms with E-state index in [-0.39, 0.29) is 30.4 Å². The normalized spacial score (nSPS) is 21.5. The highest BCUT2D eigenvalue weighted by molar-refractivity contribution is 7.92. The monoisotopic (exact) mass is 387 g/mol. The standard InChI is InChI=1S/C17H25N3O3S.ClH/c1-12(18)15-5-3-4-9-19(15)17(21)14-6-7-16-13(11-14)8-10-20(16)24(2,22)23;/h6-7,11-12,15H,3-5,8-10,18H2,1-2H3;1H. The van der Waals surface area contributed by atoms with E-state index in [1.54, 1.807) is 12.1 Å². The lowest BCUT2D eigenvalue weighted by molar-refractivity contribution is 0.0583. The minimum Gasteiger partial charge on any atom is -0.334 e. The van der Waals surface area contributed by atoms with Gasteiger partial charge in [-0.2, -0.15) is 0 Å². The van der Waals surface area contributed by atoms with Gasteiger partial charge in [0.2, 0.25) is 10.0 Å². The number of hydrogen-bond donors (Lipinski definition) is 1. The summed E-state index contributed by atoms with van der Waals surface area (Å²) >= 11 is 0. The molecule has 2 N–H and O–H groups in total. The van der Waals surface area contributed by atoms with Crippen LogP contribution in [0.2, 0.25) is 0 Å². The molecule has 1 aromatic carbocycles. The number of fused-ring (bicyclic) bond motifs is 1. The third kappa shape index (κ3) is 3.93. The summed E-state index contributed by atoms with van der Waals surface area (Å²) in [6.45, 7) is 3.12. The van der Waals surface area contributed by atoms with E-state index >= 15 is 0 Å². The van der Waals surface area contributed by atoms with Crippen molar-refractivity contribution in [1.29, 1.82) is 0 Å². The van der Waals surface area contributed by atoms with Crippen LogP contribution in [-0.2, 0) is 16.4 Å². The van der Waals surface area contributed by atoms with Gasteiger partial charge in [0.05, 0.1) is 11.9 Å². The van der Waals surface area contributed by atoms with E-state index in [4.69, 9.17) is 5.73 Å². The lowest BCUT2D eigenvalue weighted by Crippen LogP contribution is -2.51. The summed E-state index contributed by atoms with van der Waals surface area (Å²) < 4.78 is 25.0. The predicted octanol–water partition coefficient (Wildman–Crippen LogP) is 1.77. The number of piperidine rings is 1. The van der Waals surface area contributed by atoms with E-state index < -0.39 is 10.0 Å². The summed E-state index contributed by atoms with van der Waals surface area (Å²) in [6, 6.07) is 5.35. The fourth-order valence-electron chi connectivity index (χ4n) is 3.77. The molecule has 25 heavy (non-hydrogen) atoms. The zero-order valence-corrected chi connectivity index (χ0v) is 16.3. The molecule has 2 unspecified atom stereocenters. The van der Waals surface area contributed by atoms with Crippen LogP contribution in [0, 0.1) is 0 Å². The molecule has 2 aliphatic heterocycles. The first-order valence-corrected chi connectivity index (χ1v) is 10.3. The summed E-state index contributed by atoms with van der Waals surface area (Å²) in [5.74, 6) is -0.00222. The highest BCUT2D eigenvalue weighted by Crippen LogP contribution is 2.31. The van der Waals surface area contributed by atoms with E-state index in [1.807, 2.05) is 17.9 Å². The van der Waals surface area contributed by atoms with Crippen LogP contribution < -0.4 is 10.0 Å². The Morgan fingerprint density at radius 1 is 1.28 bits per heavy atom. The molecule has 1 saturated heterocycles. The Morgan fingerprint density at radius 2 is 2.00 bits per heavy atom. The number of hydrogen-bond acceptors (Lipinski definition) is 4. The number of carbonyl (C=O) groups is 1. The zero-order chi connectivity index (χ0) is 17.5. The van der Waals surface area contributed by atoms with Gasteiger partial charge in [-0.3, -0.25) is 9.10 Å². The third-order valence-electron chi connectivity index (χ3n) is 5.00. The molecule has 140 valence electrons. The Kier molecular flexibility index (Phi) is 6.01. The van der Waals surface area contributed by atoms with Crippen LogP contribution in [0.3, 0.4) is 0 Å². The molecule has 1 amide bonds. The smallest absolute Gasteiger partial charge is 0.254 e. The molecule has 2 aliphatic rings. The van der Waals surface area contributed by atoms with Gasteiger partial charge in [0, 0.05) is 30.7 Å². The van der Waals surface area contributed by atoms with E-state index in [0.29, 0.717) is 24.2 Å². The minimum atomic E-state index is -3.27. The van der Waals surface area contributed by atoms with Gasteiger partial charge in [-0.1, -0.05) is 0 Å². The number of halogens is 1. The molecule has 1 aromatic rings. The SMILES string of the molecule is CC(N)C1CCCCN1C(=O)c1ccc2c(c1)CCN2S(C)(=O)=O.Cl. The predicted molar refractivity (Wildman–Crippen MR) is 102 cm³/mol. The summed E-state index contributed by atoms with van der Waals surface area (Å²) in [4.78, 5) is 14.8. The summed E-state index contributed by atoms with van der Waals surface area (Å²) in [7, 11) is -3.27. The number of sulfonamides is 1. The zero-order valence-electron chi connectivity index (χ0n) is 14.6. The second kappa shape index (κ2) is 7.51. The van der Waals surface area contributed by atoms with Gasteiger partial charge in [-0.15, -0.1) is 12.4 Å². The summed E-state index contributed by atoms with van der Waals surface area (Å²) in [6.07, 6.45) is 4.89. The topological polar surface area (TPSA) is 83.7 Å². The molecule has 6 nitrogen and oxygen atoms in total. The molecule has 0 aliphatic carbocycles. The van der Waals surface area contributed by atoms with Gasteiger partial charge in [-0.05, 0) is 56.4 Å². The highest BCUT2D eigenvalue weighted by Gasteiger charge is 2.31. The Bertz CT molecular complexity index is 752. The van der Waals surface area contributed by atoms with Crippen molar-refractivity contribution in [2.24, 2.45) is 5.73 Å². The number of amides is 1. The largest absolute Gasteiger partial charge is 0.334 e. The molecule has 8 heteroatoms. The first kappa shape index (κ1) is 20.0. The molecular weight excluding hydrogens is 362 g/mol. The first-order valence-electron chi connectivity index (χ1n) is 8.46.